The zero-order chi connectivity index (χ0) is 13.7. The van der Waals surface area contributed by atoms with Crippen molar-refractivity contribution in [3.63, 3.8) is 0 Å². The summed E-state index contributed by atoms with van der Waals surface area (Å²) in [5, 5.41) is 14.9. The maximum absolute atomic E-state index is 11.7. The molecule has 0 saturated heterocycles. The Kier molecular flexibility index (Phi) is 4.70. The predicted octanol–water partition coefficient (Wildman–Crippen LogP) is 0.912. The lowest BCUT2D eigenvalue weighted by atomic mass is 9.99. The van der Waals surface area contributed by atoms with Gasteiger partial charge in [0.1, 0.15) is 6.04 Å². The molecule has 1 aromatic rings. The minimum Gasteiger partial charge on any atom is -0.480 e. The van der Waals surface area contributed by atoms with Crippen LogP contribution in [0.15, 0.2) is 10.6 Å². The number of aromatic nitrogens is 1. The lowest BCUT2D eigenvalue weighted by molar-refractivity contribution is -0.140. The number of aliphatic carboxylic acids is 1. The fraction of sp³-hybridized carbons (Fsp3) is 0.545. The number of methoxy groups -OCH3 is 1. The van der Waals surface area contributed by atoms with E-state index in [1.807, 2.05) is 6.92 Å². The first-order chi connectivity index (χ1) is 8.49. The van der Waals surface area contributed by atoms with Crippen molar-refractivity contribution in [3.8, 4) is 5.88 Å². The molecule has 18 heavy (non-hydrogen) atoms. The number of carbonyl (C=O) groups is 2. The summed E-state index contributed by atoms with van der Waals surface area (Å²) in [5.41, 5.74) is 0. The first-order valence-electron chi connectivity index (χ1n) is 5.54. The van der Waals surface area contributed by atoms with E-state index in [0.717, 1.165) is 0 Å². The lowest BCUT2D eigenvalue weighted by Crippen LogP contribution is -2.44. The van der Waals surface area contributed by atoms with Crippen LogP contribution >= 0.6 is 0 Å². The summed E-state index contributed by atoms with van der Waals surface area (Å²) in [6.45, 7) is 3.60. The zero-order valence-electron chi connectivity index (χ0n) is 10.5. The van der Waals surface area contributed by atoms with Gasteiger partial charge >= 0.3 is 5.97 Å². The van der Waals surface area contributed by atoms with Crippen molar-refractivity contribution in [2.75, 3.05) is 7.11 Å². The SMILES string of the molecule is CC[C@H](C)[C@H](NC(=O)c1cc(OC)no1)C(=O)O. The molecule has 1 aromatic heterocycles. The molecule has 1 rings (SSSR count). The van der Waals surface area contributed by atoms with Crippen LogP contribution in [0.5, 0.6) is 5.88 Å². The second kappa shape index (κ2) is 6.04. The predicted molar refractivity (Wildman–Crippen MR) is 61.4 cm³/mol. The molecule has 100 valence electrons. The van der Waals surface area contributed by atoms with Gasteiger partial charge in [0.15, 0.2) is 0 Å². The van der Waals surface area contributed by atoms with Crippen LogP contribution in [0.25, 0.3) is 0 Å². The highest BCUT2D eigenvalue weighted by atomic mass is 16.5. The van der Waals surface area contributed by atoms with Crippen LogP contribution in [0, 0.1) is 5.92 Å². The van der Waals surface area contributed by atoms with Crippen LogP contribution in [-0.2, 0) is 4.79 Å². The van der Waals surface area contributed by atoms with Crippen molar-refractivity contribution in [1.29, 1.82) is 0 Å². The molecule has 0 aromatic carbocycles. The maximum atomic E-state index is 11.7. The standard InChI is InChI=1S/C11H16N2O5/c1-4-6(2)9(11(15)16)12-10(14)7-5-8(17-3)13-18-7/h5-6,9H,4H2,1-3H3,(H,12,14)(H,15,16)/t6-,9-/m0/s1. The molecule has 0 aliphatic rings. The third-order valence-corrected chi connectivity index (χ3v) is 2.69. The zero-order valence-corrected chi connectivity index (χ0v) is 10.5. The van der Waals surface area contributed by atoms with Crippen molar-refractivity contribution in [3.05, 3.63) is 11.8 Å². The molecule has 1 amide bonds. The highest BCUT2D eigenvalue weighted by Gasteiger charge is 2.27. The summed E-state index contributed by atoms with van der Waals surface area (Å²) < 4.78 is 9.50. The smallest absolute Gasteiger partial charge is 0.326 e. The van der Waals surface area contributed by atoms with E-state index in [0.29, 0.717) is 6.42 Å². The van der Waals surface area contributed by atoms with Crippen molar-refractivity contribution in [2.45, 2.75) is 26.3 Å². The third-order valence-electron chi connectivity index (χ3n) is 2.69. The fourth-order valence-electron chi connectivity index (χ4n) is 1.36. The molecule has 0 fully saturated rings. The van der Waals surface area contributed by atoms with E-state index in [2.05, 4.69) is 10.5 Å². The highest BCUT2D eigenvalue weighted by molar-refractivity contribution is 5.94. The summed E-state index contributed by atoms with van der Waals surface area (Å²) >= 11 is 0. The van der Waals surface area contributed by atoms with E-state index >= 15 is 0 Å². The number of rotatable bonds is 6. The number of nitrogens with zero attached hydrogens (tertiary/aromatic N) is 1. The number of hydrogen-bond acceptors (Lipinski definition) is 5. The average molecular weight is 256 g/mol. The van der Waals surface area contributed by atoms with Crippen LogP contribution in [0.4, 0.5) is 0 Å². The monoisotopic (exact) mass is 256 g/mol. The van der Waals surface area contributed by atoms with Crippen LogP contribution in [-0.4, -0.2) is 35.3 Å². The van der Waals surface area contributed by atoms with Crippen LogP contribution < -0.4 is 10.1 Å². The Morgan fingerprint density at radius 3 is 2.72 bits per heavy atom. The number of hydrogen-bond donors (Lipinski definition) is 2. The fourth-order valence-corrected chi connectivity index (χ4v) is 1.36. The van der Waals surface area contributed by atoms with E-state index in [9.17, 15) is 9.59 Å². The molecule has 7 heteroatoms. The molecule has 0 spiro atoms. The molecule has 0 aliphatic heterocycles. The third kappa shape index (κ3) is 3.22. The van der Waals surface area contributed by atoms with Crippen molar-refractivity contribution >= 4 is 11.9 Å². The Labute approximate surface area is 104 Å². The second-order valence-electron chi connectivity index (χ2n) is 3.91. The van der Waals surface area contributed by atoms with E-state index in [4.69, 9.17) is 14.4 Å². The molecule has 7 nitrogen and oxygen atoms in total. The molecule has 0 aliphatic carbocycles. The molecule has 1 heterocycles. The van der Waals surface area contributed by atoms with E-state index in [-0.39, 0.29) is 17.6 Å². The number of amides is 1. The van der Waals surface area contributed by atoms with Gasteiger partial charge in [-0.25, -0.2) is 4.79 Å². The highest BCUT2D eigenvalue weighted by Crippen LogP contribution is 2.12. The first kappa shape index (κ1) is 14.0. The number of carboxylic acid groups (broad SMARTS) is 1. The summed E-state index contributed by atoms with van der Waals surface area (Å²) in [5.74, 6) is -1.81. The van der Waals surface area contributed by atoms with Crippen molar-refractivity contribution in [1.82, 2.24) is 10.5 Å². The van der Waals surface area contributed by atoms with Gasteiger partial charge in [-0.2, -0.15) is 0 Å². The summed E-state index contributed by atoms with van der Waals surface area (Å²) in [7, 11) is 1.39. The van der Waals surface area contributed by atoms with Gasteiger partial charge in [-0.1, -0.05) is 20.3 Å². The Bertz CT molecular complexity index is 429. The summed E-state index contributed by atoms with van der Waals surface area (Å²) in [4.78, 5) is 22.8. The number of carboxylic acids is 1. The molecule has 0 bridgehead atoms. The van der Waals surface area contributed by atoms with Gasteiger partial charge < -0.3 is 19.7 Å². The molecular formula is C11H16N2O5. The minimum absolute atomic E-state index is 0.0820. The van der Waals surface area contributed by atoms with Gasteiger partial charge in [-0.3, -0.25) is 4.79 Å². The van der Waals surface area contributed by atoms with E-state index in [1.165, 1.54) is 13.2 Å². The number of carbonyl (C=O) groups excluding carboxylic acids is 1. The molecule has 2 N–H and O–H groups in total. The van der Waals surface area contributed by atoms with Gasteiger partial charge in [0, 0.05) is 0 Å². The minimum atomic E-state index is -1.08. The van der Waals surface area contributed by atoms with E-state index < -0.39 is 17.9 Å². The summed E-state index contributed by atoms with van der Waals surface area (Å²) in [6.07, 6.45) is 0.636. The van der Waals surface area contributed by atoms with Crippen LogP contribution in [0.3, 0.4) is 0 Å². The molecule has 2 atom stereocenters. The number of ether oxygens (including phenoxy) is 1. The Hall–Kier alpha value is -2.05. The molecule has 0 radical (unpaired) electrons. The molecule has 0 saturated carbocycles. The van der Waals surface area contributed by atoms with Crippen LogP contribution in [0.1, 0.15) is 30.8 Å². The van der Waals surface area contributed by atoms with Crippen LogP contribution in [0.2, 0.25) is 0 Å². The van der Waals surface area contributed by atoms with E-state index in [1.54, 1.807) is 6.92 Å². The topological polar surface area (TPSA) is 102 Å². The first-order valence-corrected chi connectivity index (χ1v) is 5.54. The van der Waals surface area contributed by atoms with Gasteiger partial charge in [-0.05, 0) is 11.1 Å². The van der Waals surface area contributed by atoms with Crippen molar-refractivity contribution < 1.29 is 24.0 Å². The van der Waals surface area contributed by atoms with Crippen molar-refractivity contribution in [2.24, 2.45) is 5.92 Å². The average Bonchev–Trinajstić information content (AvgIpc) is 2.83. The molecular weight excluding hydrogens is 240 g/mol. The lowest BCUT2D eigenvalue weighted by Gasteiger charge is -2.19. The number of nitrogens with one attached hydrogen (secondary N) is 1. The quantitative estimate of drug-likeness (QED) is 0.784. The van der Waals surface area contributed by atoms with Gasteiger partial charge in [0.2, 0.25) is 5.76 Å². The summed E-state index contributed by atoms with van der Waals surface area (Å²) in [6, 6.07) is 0.337. The second-order valence-corrected chi connectivity index (χ2v) is 3.91. The Morgan fingerprint density at radius 1 is 1.61 bits per heavy atom. The molecule has 0 unspecified atom stereocenters. The normalized spacial score (nSPS) is 13.7. The maximum Gasteiger partial charge on any atom is 0.326 e. The van der Waals surface area contributed by atoms with Gasteiger partial charge in [0.05, 0.1) is 13.2 Å². The largest absolute Gasteiger partial charge is 0.480 e. The Balaban J connectivity index is 2.75. The van der Waals surface area contributed by atoms with Gasteiger partial charge in [-0.15, -0.1) is 0 Å². The Morgan fingerprint density at radius 2 is 2.28 bits per heavy atom. The van der Waals surface area contributed by atoms with Gasteiger partial charge in [0.25, 0.3) is 11.8 Å².